The van der Waals surface area contributed by atoms with Gasteiger partial charge in [-0.15, -0.1) is 11.8 Å². The number of rotatable bonds is 1. The lowest BCUT2D eigenvalue weighted by molar-refractivity contribution is 0.0927. The number of carbonyl (C=O) groups is 1. The third-order valence-electron chi connectivity index (χ3n) is 4.44. The fourth-order valence-electron chi connectivity index (χ4n) is 3.17. The number of fused-ring (bicyclic) bond motifs is 1. The van der Waals surface area contributed by atoms with Gasteiger partial charge >= 0.3 is 0 Å². The van der Waals surface area contributed by atoms with Gasteiger partial charge < -0.3 is 4.90 Å². The van der Waals surface area contributed by atoms with E-state index in [9.17, 15) is 4.79 Å². The van der Waals surface area contributed by atoms with Crippen LogP contribution in [0.1, 0.15) is 43.5 Å². The Morgan fingerprint density at radius 1 is 1.21 bits per heavy atom. The summed E-state index contributed by atoms with van der Waals surface area (Å²) in [6.45, 7) is 6.76. The summed E-state index contributed by atoms with van der Waals surface area (Å²) >= 11 is 1.95. The molecule has 0 aromatic heterocycles. The van der Waals surface area contributed by atoms with Gasteiger partial charge in [-0.25, -0.2) is 0 Å². The van der Waals surface area contributed by atoms with E-state index in [1.807, 2.05) is 30.0 Å². The second kappa shape index (κ2) is 4.95. The van der Waals surface area contributed by atoms with Crippen LogP contribution in [0, 0.1) is 0 Å². The summed E-state index contributed by atoms with van der Waals surface area (Å²) in [5.74, 6) is 0.340. The molecule has 0 atom stereocenters. The molecule has 1 spiro atoms. The fraction of sp³-hybridized carbons (Fsp3) is 0.562. The highest BCUT2D eigenvalue weighted by Crippen LogP contribution is 2.48. The summed E-state index contributed by atoms with van der Waals surface area (Å²) in [5, 5.41) is 0. The number of benzene rings is 1. The number of Topliss-reactive ketones (excluding diaryl/α,β-unsaturated/α-hetero) is 1. The van der Waals surface area contributed by atoms with Crippen molar-refractivity contribution in [2.24, 2.45) is 0 Å². The first kappa shape index (κ1) is 13.2. The summed E-state index contributed by atoms with van der Waals surface area (Å²) in [4.78, 5) is 16.1. The Labute approximate surface area is 119 Å². The molecule has 0 saturated carbocycles. The zero-order valence-electron chi connectivity index (χ0n) is 11.7. The molecule has 0 unspecified atom stereocenters. The summed E-state index contributed by atoms with van der Waals surface area (Å²) in [6.07, 6.45) is 2.99. The minimum absolute atomic E-state index is 0.164. The number of piperidine rings is 1. The molecule has 19 heavy (non-hydrogen) atoms. The number of ketones is 1. The quantitative estimate of drug-likeness (QED) is 0.781. The molecule has 0 radical (unpaired) electrons. The molecule has 1 fully saturated rings. The van der Waals surface area contributed by atoms with Crippen molar-refractivity contribution in [1.29, 1.82) is 0 Å². The van der Waals surface area contributed by atoms with Gasteiger partial charge in [0, 0.05) is 27.7 Å². The zero-order chi connectivity index (χ0) is 13.5. The maximum atomic E-state index is 12.3. The SMILES string of the molecule is CC(C)N1CCC2(CC1)CC(=O)c1ccccc1S2. The Kier molecular flexibility index (Phi) is 3.44. The number of likely N-dealkylation sites (tertiary alicyclic amines) is 1. The average molecular weight is 275 g/mol. The van der Waals surface area contributed by atoms with E-state index in [-0.39, 0.29) is 4.75 Å². The maximum absolute atomic E-state index is 12.3. The fourth-order valence-corrected chi connectivity index (χ4v) is 4.66. The first-order chi connectivity index (χ1) is 9.10. The summed E-state index contributed by atoms with van der Waals surface area (Å²) < 4.78 is 0.164. The van der Waals surface area contributed by atoms with Gasteiger partial charge in [-0.3, -0.25) is 4.79 Å². The normalized spacial score (nSPS) is 22.8. The molecule has 1 aromatic rings. The molecule has 2 aliphatic rings. The van der Waals surface area contributed by atoms with E-state index < -0.39 is 0 Å². The van der Waals surface area contributed by atoms with E-state index in [1.54, 1.807) is 0 Å². The lowest BCUT2D eigenvalue weighted by Gasteiger charge is -2.44. The molecule has 2 nitrogen and oxygen atoms in total. The summed E-state index contributed by atoms with van der Waals surface area (Å²) in [7, 11) is 0. The van der Waals surface area contributed by atoms with E-state index in [2.05, 4.69) is 24.8 Å². The van der Waals surface area contributed by atoms with Crippen molar-refractivity contribution in [3.8, 4) is 0 Å². The Bertz CT molecular complexity index is 489. The van der Waals surface area contributed by atoms with Gasteiger partial charge in [-0.2, -0.15) is 0 Å². The van der Waals surface area contributed by atoms with Crippen molar-refractivity contribution in [2.45, 2.75) is 48.8 Å². The van der Waals surface area contributed by atoms with Crippen LogP contribution in [0.25, 0.3) is 0 Å². The highest BCUT2D eigenvalue weighted by molar-refractivity contribution is 8.01. The molecule has 0 N–H and O–H groups in total. The largest absolute Gasteiger partial charge is 0.301 e. The van der Waals surface area contributed by atoms with Crippen LogP contribution in [0.4, 0.5) is 0 Å². The van der Waals surface area contributed by atoms with Gasteiger partial charge in [0.05, 0.1) is 0 Å². The third-order valence-corrected chi connectivity index (χ3v) is 6.00. The van der Waals surface area contributed by atoms with Crippen LogP contribution in [-0.2, 0) is 0 Å². The smallest absolute Gasteiger partial charge is 0.165 e. The lowest BCUT2D eigenvalue weighted by atomic mass is 9.87. The molecule has 102 valence electrons. The van der Waals surface area contributed by atoms with E-state index in [0.717, 1.165) is 37.9 Å². The molecule has 0 aliphatic carbocycles. The summed E-state index contributed by atoms with van der Waals surface area (Å²) in [6, 6.07) is 8.71. The zero-order valence-corrected chi connectivity index (χ0v) is 12.5. The Balaban J connectivity index is 1.80. The number of carbonyl (C=O) groups excluding carboxylic acids is 1. The van der Waals surface area contributed by atoms with Crippen molar-refractivity contribution in [1.82, 2.24) is 4.90 Å². The van der Waals surface area contributed by atoms with Crippen LogP contribution in [0.15, 0.2) is 29.2 Å². The second-order valence-electron chi connectivity index (χ2n) is 6.01. The standard InChI is InChI=1S/C16H21NOS/c1-12(2)17-9-7-16(8-10-17)11-14(18)13-5-3-4-6-15(13)19-16/h3-6,12H,7-11H2,1-2H3. The lowest BCUT2D eigenvalue weighted by Crippen LogP contribution is -2.47. The van der Waals surface area contributed by atoms with Crippen LogP contribution in [-0.4, -0.2) is 34.6 Å². The van der Waals surface area contributed by atoms with Gasteiger partial charge in [-0.05, 0) is 45.8 Å². The topological polar surface area (TPSA) is 20.3 Å². The molecule has 2 aliphatic heterocycles. The Hall–Kier alpha value is -0.800. The van der Waals surface area contributed by atoms with Crippen LogP contribution in [0.5, 0.6) is 0 Å². The number of hydrogen-bond acceptors (Lipinski definition) is 3. The van der Waals surface area contributed by atoms with Gasteiger partial charge in [-0.1, -0.05) is 18.2 Å². The highest BCUT2D eigenvalue weighted by atomic mass is 32.2. The predicted octanol–water partition coefficient (Wildman–Crippen LogP) is 3.61. The average Bonchev–Trinajstić information content (AvgIpc) is 2.39. The first-order valence-corrected chi connectivity index (χ1v) is 7.97. The van der Waals surface area contributed by atoms with Gasteiger partial charge in [0.25, 0.3) is 0 Å². The Morgan fingerprint density at radius 2 is 1.89 bits per heavy atom. The molecule has 3 rings (SSSR count). The molecule has 0 amide bonds. The number of hydrogen-bond donors (Lipinski definition) is 0. The Morgan fingerprint density at radius 3 is 2.58 bits per heavy atom. The first-order valence-electron chi connectivity index (χ1n) is 7.15. The molecular formula is C16H21NOS. The molecule has 2 heterocycles. The van der Waals surface area contributed by atoms with Crippen molar-refractivity contribution in [2.75, 3.05) is 13.1 Å². The van der Waals surface area contributed by atoms with Crippen molar-refractivity contribution in [3.63, 3.8) is 0 Å². The highest BCUT2D eigenvalue weighted by Gasteiger charge is 2.41. The van der Waals surface area contributed by atoms with Crippen molar-refractivity contribution in [3.05, 3.63) is 29.8 Å². The van der Waals surface area contributed by atoms with Crippen molar-refractivity contribution < 1.29 is 4.79 Å². The van der Waals surface area contributed by atoms with Crippen LogP contribution in [0.2, 0.25) is 0 Å². The van der Waals surface area contributed by atoms with Crippen molar-refractivity contribution >= 4 is 17.5 Å². The van der Waals surface area contributed by atoms with Crippen LogP contribution >= 0.6 is 11.8 Å². The summed E-state index contributed by atoms with van der Waals surface area (Å²) in [5.41, 5.74) is 0.935. The predicted molar refractivity (Wildman–Crippen MR) is 79.9 cm³/mol. The van der Waals surface area contributed by atoms with Gasteiger partial charge in [0.15, 0.2) is 5.78 Å². The number of nitrogens with zero attached hydrogens (tertiary/aromatic N) is 1. The van der Waals surface area contributed by atoms with Crippen LogP contribution < -0.4 is 0 Å². The molecular weight excluding hydrogens is 254 g/mol. The molecule has 1 saturated heterocycles. The monoisotopic (exact) mass is 275 g/mol. The molecule has 3 heteroatoms. The molecule has 0 bridgehead atoms. The minimum Gasteiger partial charge on any atom is -0.301 e. The van der Waals surface area contributed by atoms with E-state index in [4.69, 9.17) is 0 Å². The second-order valence-corrected chi connectivity index (χ2v) is 7.52. The minimum atomic E-state index is 0.164. The molecule has 1 aromatic carbocycles. The third kappa shape index (κ3) is 2.46. The van der Waals surface area contributed by atoms with Crippen LogP contribution in [0.3, 0.4) is 0 Å². The van der Waals surface area contributed by atoms with E-state index in [1.165, 1.54) is 4.90 Å². The van der Waals surface area contributed by atoms with E-state index >= 15 is 0 Å². The van der Waals surface area contributed by atoms with E-state index in [0.29, 0.717) is 11.8 Å². The maximum Gasteiger partial charge on any atom is 0.165 e. The van der Waals surface area contributed by atoms with Gasteiger partial charge in [0.1, 0.15) is 0 Å². The number of thioether (sulfide) groups is 1. The van der Waals surface area contributed by atoms with Gasteiger partial charge in [0.2, 0.25) is 0 Å².